The van der Waals surface area contributed by atoms with Gasteiger partial charge in [0.25, 0.3) is 11.5 Å². The number of hydrogen-bond donors (Lipinski definition) is 0. The Labute approximate surface area is 206 Å². The zero-order valence-corrected chi connectivity index (χ0v) is 20.6. The van der Waals surface area contributed by atoms with Crippen molar-refractivity contribution in [2.75, 3.05) is 18.6 Å². The minimum atomic E-state index is -0.697. The van der Waals surface area contributed by atoms with Crippen LogP contribution in [0.4, 0.5) is 5.69 Å². The van der Waals surface area contributed by atoms with Gasteiger partial charge in [-0.15, -0.1) is 0 Å². The number of para-hydroxylation sites is 1. The fraction of sp³-hybridized carbons (Fsp3) is 0.259. The number of hydrogen-bond acceptors (Lipinski definition) is 6. The number of esters is 1. The summed E-state index contributed by atoms with van der Waals surface area (Å²) in [5.74, 6) is -0.712. The van der Waals surface area contributed by atoms with Gasteiger partial charge in [-0.25, -0.2) is 9.79 Å². The van der Waals surface area contributed by atoms with E-state index in [9.17, 15) is 14.4 Å². The lowest BCUT2D eigenvalue weighted by molar-refractivity contribution is -0.136. The van der Waals surface area contributed by atoms with Crippen molar-refractivity contribution in [3.63, 3.8) is 0 Å². The van der Waals surface area contributed by atoms with Gasteiger partial charge in [-0.1, -0.05) is 73.2 Å². The summed E-state index contributed by atoms with van der Waals surface area (Å²) in [6.07, 6.45) is 1.82. The van der Waals surface area contributed by atoms with E-state index in [1.807, 2.05) is 54.6 Å². The molecular formula is C27H25N3O4S. The zero-order valence-electron chi connectivity index (χ0n) is 19.8. The summed E-state index contributed by atoms with van der Waals surface area (Å²) < 4.78 is 6.91. The topological polar surface area (TPSA) is 81.0 Å². The van der Waals surface area contributed by atoms with Crippen LogP contribution in [0, 0.1) is 0 Å². The largest absolute Gasteiger partial charge is 0.466 e. The quantitative estimate of drug-likeness (QED) is 0.519. The van der Waals surface area contributed by atoms with Crippen molar-refractivity contribution in [3.8, 4) is 0 Å². The number of benzene rings is 2. The summed E-state index contributed by atoms with van der Waals surface area (Å²) in [5, 5.41) is 0. The number of methoxy groups -OCH3 is 1. The van der Waals surface area contributed by atoms with E-state index < -0.39 is 12.0 Å². The molecule has 0 bridgehead atoms. The monoisotopic (exact) mass is 487 g/mol. The summed E-state index contributed by atoms with van der Waals surface area (Å²) in [6, 6.07) is 16.2. The maximum absolute atomic E-state index is 14.0. The number of fused-ring (bicyclic) bond motifs is 2. The third-order valence-corrected chi connectivity index (χ3v) is 7.46. The molecule has 7 nitrogen and oxygen atoms in total. The summed E-state index contributed by atoms with van der Waals surface area (Å²) in [6.45, 7) is 4.41. The van der Waals surface area contributed by atoms with E-state index in [-0.39, 0.29) is 11.5 Å². The van der Waals surface area contributed by atoms with Crippen molar-refractivity contribution in [3.05, 3.63) is 96.7 Å². The highest BCUT2D eigenvalue weighted by molar-refractivity contribution is 7.07. The van der Waals surface area contributed by atoms with Gasteiger partial charge >= 0.3 is 5.97 Å². The Bertz CT molecular complexity index is 1550. The number of rotatable bonds is 5. The van der Waals surface area contributed by atoms with Crippen molar-refractivity contribution >= 4 is 34.5 Å². The maximum Gasteiger partial charge on any atom is 0.338 e. The molecule has 0 unspecified atom stereocenters. The molecule has 3 aromatic rings. The minimum Gasteiger partial charge on any atom is -0.466 e. The van der Waals surface area contributed by atoms with Crippen LogP contribution < -0.4 is 19.8 Å². The van der Waals surface area contributed by atoms with Crippen LogP contribution >= 0.6 is 11.3 Å². The molecule has 2 aromatic carbocycles. The van der Waals surface area contributed by atoms with E-state index >= 15 is 0 Å². The van der Waals surface area contributed by atoms with E-state index in [2.05, 4.69) is 11.9 Å². The van der Waals surface area contributed by atoms with Gasteiger partial charge in [0.15, 0.2) is 4.80 Å². The molecule has 0 N–H and O–H groups in total. The normalized spacial score (nSPS) is 18.3. The lowest BCUT2D eigenvalue weighted by atomic mass is 9.96. The summed E-state index contributed by atoms with van der Waals surface area (Å²) >= 11 is 1.19. The first-order valence-electron chi connectivity index (χ1n) is 11.6. The fourth-order valence-electron chi connectivity index (χ4n) is 4.73. The number of allylic oxidation sites excluding steroid dienone is 1. The van der Waals surface area contributed by atoms with Crippen LogP contribution in [0.3, 0.4) is 0 Å². The Balaban J connectivity index is 1.80. The molecule has 0 radical (unpaired) electrons. The smallest absolute Gasteiger partial charge is 0.338 e. The molecular weight excluding hydrogens is 462 g/mol. The van der Waals surface area contributed by atoms with Crippen LogP contribution in [-0.2, 0) is 14.3 Å². The van der Waals surface area contributed by atoms with Crippen LogP contribution in [0.2, 0.25) is 0 Å². The summed E-state index contributed by atoms with van der Waals surface area (Å²) in [5.41, 5.74) is 3.19. The van der Waals surface area contributed by atoms with Crippen molar-refractivity contribution in [2.24, 2.45) is 4.99 Å². The SMILES string of the molecule is CCCCN1C(=O)C(=c2sc3n(c2=O)[C@H](c2ccccc2)C(C(=O)OC)=C(C)N=3)c2ccccc21. The molecule has 0 saturated heterocycles. The number of aromatic nitrogens is 1. The second-order valence-electron chi connectivity index (χ2n) is 8.51. The predicted molar refractivity (Wildman–Crippen MR) is 135 cm³/mol. The molecule has 1 aromatic heterocycles. The van der Waals surface area contributed by atoms with Gasteiger partial charge in [0.1, 0.15) is 4.53 Å². The van der Waals surface area contributed by atoms with Crippen LogP contribution in [0.15, 0.2) is 75.7 Å². The van der Waals surface area contributed by atoms with Gasteiger partial charge < -0.3 is 9.64 Å². The first-order valence-corrected chi connectivity index (χ1v) is 12.4. The van der Waals surface area contributed by atoms with Gasteiger partial charge in [-0.05, 0) is 25.0 Å². The highest BCUT2D eigenvalue weighted by atomic mass is 32.1. The van der Waals surface area contributed by atoms with Crippen LogP contribution in [-0.4, -0.2) is 30.1 Å². The Morgan fingerprint density at radius 1 is 1.09 bits per heavy atom. The number of carbonyl (C=O) groups excluding carboxylic acids is 2. The Morgan fingerprint density at radius 2 is 1.80 bits per heavy atom. The van der Waals surface area contributed by atoms with Crippen molar-refractivity contribution in [1.82, 2.24) is 4.57 Å². The van der Waals surface area contributed by atoms with Crippen molar-refractivity contribution in [1.29, 1.82) is 0 Å². The number of carbonyl (C=O) groups is 2. The van der Waals surface area contributed by atoms with Gasteiger partial charge in [-0.3, -0.25) is 14.2 Å². The van der Waals surface area contributed by atoms with Crippen LogP contribution in [0.1, 0.15) is 43.9 Å². The number of anilines is 1. The third-order valence-electron chi connectivity index (χ3n) is 6.40. The first kappa shape index (κ1) is 23.0. The molecule has 2 aliphatic heterocycles. The molecule has 1 atom stereocenters. The first-order chi connectivity index (χ1) is 17.0. The number of ether oxygens (including phenoxy) is 1. The van der Waals surface area contributed by atoms with E-state index in [0.717, 1.165) is 29.7 Å². The van der Waals surface area contributed by atoms with E-state index in [0.29, 0.717) is 32.7 Å². The number of nitrogens with zero attached hydrogens (tertiary/aromatic N) is 3. The second-order valence-corrected chi connectivity index (χ2v) is 9.48. The second kappa shape index (κ2) is 9.11. The number of thiazole rings is 1. The maximum atomic E-state index is 14.0. The molecule has 1 amide bonds. The summed E-state index contributed by atoms with van der Waals surface area (Å²) in [4.78, 5) is 47.2. The Hall–Kier alpha value is -3.78. The average molecular weight is 488 g/mol. The molecule has 0 aliphatic carbocycles. The van der Waals surface area contributed by atoms with Gasteiger partial charge in [-0.2, -0.15) is 0 Å². The van der Waals surface area contributed by atoms with Crippen molar-refractivity contribution < 1.29 is 14.3 Å². The fourth-order valence-corrected chi connectivity index (χ4v) is 5.87. The van der Waals surface area contributed by atoms with E-state index in [1.165, 1.54) is 23.0 Å². The lowest BCUT2D eigenvalue weighted by Gasteiger charge is -2.24. The van der Waals surface area contributed by atoms with Gasteiger partial charge in [0, 0.05) is 12.1 Å². The Kier molecular flexibility index (Phi) is 5.98. The van der Waals surface area contributed by atoms with Crippen molar-refractivity contribution in [2.45, 2.75) is 32.7 Å². The molecule has 2 aliphatic rings. The number of amides is 1. The molecule has 0 spiro atoms. The zero-order chi connectivity index (χ0) is 24.7. The highest BCUT2D eigenvalue weighted by Gasteiger charge is 2.36. The lowest BCUT2D eigenvalue weighted by Crippen LogP contribution is -2.40. The predicted octanol–water partition coefficient (Wildman–Crippen LogP) is 2.93. The molecule has 0 saturated carbocycles. The third kappa shape index (κ3) is 3.65. The molecule has 178 valence electrons. The molecule has 35 heavy (non-hydrogen) atoms. The highest BCUT2D eigenvalue weighted by Crippen LogP contribution is 2.35. The van der Waals surface area contributed by atoms with Gasteiger partial charge in [0.2, 0.25) is 0 Å². The van der Waals surface area contributed by atoms with E-state index in [4.69, 9.17) is 4.74 Å². The Morgan fingerprint density at radius 3 is 2.51 bits per heavy atom. The molecule has 3 heterocycles. The van der Waals surface area contributed by atoms with Gasteiger partial charge in [0.05, 0.1) is 35.7 Å². The average Bonchev–Trinajstić information content (AvgIpc) is 3.34. The standard InChI is InChI=1S/C27H25N3O4S/c1-4-5-15-29-19-14-10-9-13-18(19)21(24(29)31)23-25(32)30-22(17-11-7-6-8-12-17)20(26(33)34-3)16(2)28-27(30)35-23/h6-14,22H,4-5,15H2,1-3H3/t22-/m1/s1. The van der Waals surface area contributed by atoms with Crippen LogP contribution in [0.5, 0.6) is 0 Å². The summed E-state index contributed by atoms with van der Waals surface area (Å²) in [7, 11) is 1.32. The molecule has 0 fully saturated rings. The molecule has 8 heteroatoms. The number of unbranched alkanes of at least 4 members (excludes halogenated alkanes) is 1. The van der Waals surface area contributed by atoms with Crippen LogP contribution in [0.25, 0.3) is 5.57 Å². The molecule has 5 rings (SSSR count). The minimum absolute atomic E-state index is 0.176. The van der Waals surface area contributed by atoms with E-state index in [1.54, 1.807) is 11.8 Å².